The Bertz CT molecular complexity index is 547. The number of allylic oxidation sites excluding steroid dienone is 1. The van der Waals surface area contributed by atoms with Crippen LogP contribution >= 0.6 is 0 Å². The molecule has 0 aliphatic heterocycles. The number of aryl methyl sites for hydroxylation is 1. The first-order valence-corrected chi connectivity index (χ1v) is 7.52. The van der Waals surface area contributed by atoms with E-state index in [4.69, 9.17) is 4.74 Å². The minimum atomic E-state index is -0.748. The molecular formula is C18H22O3. The average Bonchev–Trinajstić information content (AvgIpc) is 2.46. The quantitative estimate of drug-likeness (QED) is 0.626. The van der Waals surface area contributed by atoms with Crippen LogP contribution in [-0.4, -0.2) is 18.4 Å². The zero-order valence-electron chi connectivity index (χ0n) is 12.6. The normalized spacial score (nSPS) is 21.9. The summed E-state index contributed by atoms with van der Waals surface area (Å²) in [7, 11) is 0. The predicted molar refractivity (Wildman–Crippen MR) is 82.2 cm³/mol. The summed E-state index contributed by atoms with van der Waals surface area (Å²) in [6.07, 6.45) is 4.77. The van der Waals surface area contributed by atoms with Crippen molar-refractivity contribution < 1.29 is 14.3 Å². The third kappa shape index (κ3) is 3.23. The Balaban J connectivity index is 2.35. The van der Waals surface area contributed by atoms with Crippen LogP contribution in [0.3, 0.4) is 0 Å². The number of carbonyl (C=O) groups is 2. The van der Waals surface area contributed by atoms with Gasteiger partial charge >= 0.3 is 5.97 Å². The molecule has 1 aliphatic rings. The second-order valence-corrected chi connectivity index (χ2v) is 5.60. The molecule has 0 fully saturated rings. The minimum Gasteiger partial charge on any atom is -0.466 e. The molecule has 1 aromatic rings. The van der Waals surface area contributed by atoms with Crippen molar-refractivity contribution >= 4 is 11.8 Å². The highest BCUT2D eigenvalue weighted by molar-refractivity contribution is 6.00. The molecule has 3 heteroatoms. The second kappa shape index (κ2) is 6.70. The lowest BCUT2D eigenvalue weighted by molar-refractivity contribution is -0.155. The van der Waals surface area contributed by atoms with Crippen molar-refractivity contribution in [1.29, 1.82) is 0 Å². The summed E-state index contributed by atoms with van der Waals surface area (Å²) < 4.78 is 5.23. The third-order valence-electron chi connectivity index (χ3n) is 4.16. The van der Waals surface area contributed by atoms with Crippen LogP contribution in [0, 0.1) is 5.41 Å². The Morgan fingerprint density at radius 3 is 2.90 bits per heavy atom. The lowest BCUT2D eigenvalue weighted by atomic mass is 9.72. The van der Waals surface area contributed by atoms with Gasteiger partial charge in [0.25, 0.3) is 0 Å². The fraction of sp³-hybridized carbons (Fsp3) is 0.444. The van der Waals surface area contributed by atoms with E-state index in [9.17, 15) is 9.59 Å². The summed E-state index contributed by atoms with van der Waals surface area (Å²) in [5.41, 5.74) is 1.08. The van der Waals surface area contributed by atoms with Crippen LogP contribution in [0.4, 0.5) is 0 Å². The molecule has 0 aromatic heterocycles. The highest BCUT2D eigenvalue weighted by Crippen LogP contribution is 2.38. The van der Waals surface area contributed by atoms with Gasteiger partial charge in [0.15, 0.2) is 5.78 Å². The van der Waals surface area contributed by atoms with Crippen LogP contribution in [0.5, 0.6) is 0 Å². The van der Waals surface area contributed by atoms with Crippen molar-refractivity contribution in [3.05, 3.63) is 48.0 Å². The Hall–Kier alpha value is -1.90. The zero-order chi connectivity index (χ0) is 15.3. The first-order valence-electron chi connectivity index (χ1n) is 7.52. The number of rotatable bonds is 4. The highest BCUT2D eigenvalue weighted by Gasteiger charge is 2.41. The van der Waals surface area contributed by atoms with Crippen molar-refractivity contribution in [2.24, 2.45) is 5.41 Å². The number of Topliss-reactive ketones (excluding diaryl/α,β-unsaturated/α-hetero) is 1. The van der Waals surface area contributed by atoms with Gasteiger partial charge in [0.05, 0.1) is 12.0 Å². The van der Waals surface area contributed by atoms with Crippen LogP contribution in [0.1, 0.15) is 48.5 Å². The van der Waals surface area contributed by atoms with Crippen molar-refractivity contribution in [2.75, 3.05) is 6.61 Å². The van der Waals surface area contributed by atoms with Gasteiger partial charge in [-0.05, 0) is 38.2 Å². The Kier molecular flexibility index (Phi) is 4.94. The summed E-state index contributed by atoms with van der Waals surface area (Å²) in [6.45, 7) is 5.87. The number of ketones is 1. The van der Waals surface area contributed by atoms with Crippen molar-refractivity contribution in [1.82, 2.24) is 0 Å². The van der Waals surface area contributed by atoms with E-state index in [2.05, 4.69) is 6.58 Å². The van der Waals surface area contributed by atoms with Crippen molar-refractivity contribution in [2.45, 2.75) is 39.0 Å². The first kappa shape index (κ1) is 15.5. The molecule has 0 radical (unpaired) electrons. The van der Waals surface area contributed by atoms with Crippen LogP contribution < -0.4 is 0 Å². The van der Waals surface area contributed by atoms with Crippen LogP contribution in [0.15, 0.2) is 36.9 Å². The van der Waals surface area contributed by atoms with Gasteiger partial charge in [0.2, 0.25) is 0 Å². The molecular weight excluding hydrogens is 264 g/mol. The third-order valence-corrected chi connectivity index (χ3v) is 4.16. The number of esters is 1. The fourth-order valence-electron chi connectivity index (χ4n) is 3.11. The summed E-state index contributed by atoms with van der Waals surface area (Å²) in [5, 5.41) is 0. The maximum atomic E-state index is 12.6. The first-order chi connectivity index (χ1) is 10.1. The maximum Gasteiger partial charge on any atom is 0.312 e. The molecule has 0 bridgehead atoms. The van der Waals surface area contributed by atoms with Gasteiger partial charge in [-0.1, -0.05) is 30.3 Å². The lowest BCUT2D eigenvalue weighted by Crippen LogP contribution is -2.36. The van der Waals surface area contributed by atoms with Gasteiger partial charge in [-0.3, -0.25) is 9.59 Å². The summed E-state index contributed by atoms with van der Waals surface area (Å²) >= 11 is 0. The maximum absolute atomic E-state index is 12.6. The largest absolute Gasteiger partial charge is 0.466 e. The Morgan fingerprint density at radius 1 is 1.43 bits per heavy atom. The van der Waals surface area contributed by atoms with Crippen LogP contribution in [0.25, 0.3) is 0 Å². The summed E-state index contributed by atoms with van der Waals surface area (Å²) in [5.74, 6) is -0.238. The molecule has 1 unspecified atom stereocenters. The van der Waals surface area contributed by atoms with Crippen molar-refractivity contribution in [3.63, 3.8) is 0 Å². The molecule has 0 heterocycles. The molecule has 112 valence electrons. The summed E-state index contributed by atoms with van der Waals surface area (Å²) in [6, 6.07) is 7.68. The van der Waals surface area contributed by atoms with Crippen LogP contribution in [0.2, 0.25) is 0 Å². The molecule has 21 heavy (non-hydrogen) atoms. The van der Waals surface area contributed by atoms with E-state index in [-0.39, 0.29) is 18.2 Å². The van der Waals surface area contributed by atoms with Gasteiger partial charge in [-0.15, -0.1) is 6.58 Å². The molecule has 0 N–H and O–H groups in total. The molecule has 1 atom stereocenters. The van der Waals surface area contributed by atoms with E-state index >= 15 is 0 Å². The van der Waals surface area contributed by atoms with E-state index in [1.807, 2.05) is 24.3 Å². The van der Waals surface area contributed by atoms with Gasteiger partial charge in [-0.25, -0.2) is 0 Å². The Labute approximate surface area is 126 Å². The predicted octanol–water partition coefficient (Wildman–Crippen LogP) is 3.72. The molecule has 0 saturated heterocycles. The zero-order valence-corrected chi connectivity index (χ0v) is 12.6. The number of ether oxygens (including phenoxy) is 1. The average molecular weight is 286 g/mol. The molecule has 0 saturated carbocycles. The number of hydrogen-bond donors (Lipinski definition) is 0. The van der Waals surface area contributed by atoms with E-state index in [0.29, 0.717) is 19.4 Å². The smallest absolute Gasteiger partial charge is 0.312 e. The monoisotopic (exact) mass is 286 g/mol. The van der Waals surface area contributed by atoms with Gasteiger partial charge in [0.1, 0.15) is 0 Å². The summed E-state index contributed by atoms with van der Waals surface area (Å²) in [4.78, 5) is 25.0. The van der Waals surface area contributed by atoms with E-state index in [0.717, 1.165) is 24.0 Å². The SMILES string of the molecule is C=CCC1(C(=O)OCC)CCCc2ccccc2C(=O)C1. The van der Waals surface area contributed by atoms with Crippen LogP contribution in [-0.2, 0) is 16.0 Å². The molecule has 0 amide bonds. The van der Waals surface area contributed by atoms with Gasteiger partial charge in [-0.2, -0.15) is 0 Å². The fourth-order valence-corrected chi connectivity index (χ4v) is 3.11. The molecule has 0 spiro atoms. The van der Waals surface area contributed by atoms with Gasteiger partial charge < -0.3 is 4.74 Å². The molecule has 1 aliphatic carbocycles. The highest BCUT2D eigenvalue weighted by atomic mass is 16.5. The van der Waals surface area contributed by atoms with E-state index in [1.165, 1.54) is 0 Å². The molecule has 3 nitrogen and oxygen atoms in total. The number of hydrogen-bond acceptors (Lipinski definition) is 3. The number of carbonyl (C=O) groups excluding carboxylic acids is 2. The topological polar surface area (TPSA) is 43.4 Å². The van der Waals surface area contributed by atoms with E-state index in [1.54, 1.807) is 13.0 Å². The standard InChI is InChI=1S/C18H22O3/c1-3-11-18(17(20)21-4-2)12-7-9-14-8-5-6-10-15(14)16(19)13-18/h3,5-6,8,10H,1,4,7,9,11-13H2,2H3. The van der Waals surface area contributed by atoms with Crippen molar-refractivity contribution in [3.8, 4) is 0 Å². The number of fused-ring (bicyclic) bond motifs is 1. The van der Waals surface area contributed by atoms with Gasteiger partial charge in [0, 0.05) is 12.0 Å². The lowest BCUT2D eigenvalue weighted by Gasteiger charge is -2.32. The van der Waals surface area contributed by atoms with E-state index < -0.39 is 5.41 Å². The second-order valence-electron chi connectivity index (χ2n) is 5.60. The minimum absolute atomic E-state index is 0.0280. The number of benzene rings is 1. The molecule has 2 rings (SSSR count). The molecule has 1 aromatic carbocycles. The Morgan fingerprint density at radius 2 is 2.19 bits per heavy atom.